The third-order valence-corrected chi connectivity index (χ3v) is 5.98. The first kappa shape index (κ1) is 19.3. The molecule has 1 N–H and O–H groups in total. The zero-order chi connectivity index (χ0) is 18.5. The molecule has 0 spiro atoms. The van der Waals surface area contributed by atoms with Crippen molar-refractivity contribution in [2.24, 2.45) is 5.92 Å². The summed E-state index contributed by atoms with van der Waals surface area (Å²) in [5.74, 6) is 0.795. The van der Waals surface area contributed by atoms with E-state index in [-0.39, 0.29) is 11.9 Å². The Balaban J connectivity index is 1.51. The molecule has 0 aromatic heterocycles. The molecule has 1 aromatic rings. The predicted octanol–water partition coefficient (Wildman–Crippen LogP) is 4.64. The van der Waals surface area contributed by atoms with Gasteiger partial charge in [0.25, 0.3) is 0 Å². The highest BCUT2D eigenvalue weighted by atomic mass is 35.5. The number of carbonyl (C=O) groups excluding carboxylic acids is 2. The van der Waals surface area contributed by atoms with Gasteiger partial charge in [-0.05, 0) is 43.4 Å². The van der Waals surface area contributed by atoms with Crippen LogP contribution in [0.25, 0.3) is 0 Å². The lowest BCUT2D eigenvalue weighted by Gasteiger charge is -2.23. The zero-order valence-corrected chi connectivity index (χ0v) is 16.4. The highest BCUT2D eigenvalue weighted by molar-refractivity contribution is 6.42. The molecule has 2 fully saturated rings. The second-order valence-corrected chi connectivity index (χ2v) is 7.95. The molecule has 2 aliphatic rings. The van der Waals surface area contributed by atoms with Crippen molar-refractivity contribution in [3.05, 3.63) is 28.2 Å². The average molecular weight is 398 g/mol. The van der Waals surface area contributed by atoms with E-state index >= 15 is 0 Å². The Morgan fingerprint density at radius 2 is 1.65 bits per heavy atom. The van der Waals surface area contributed by atoms with Gasteiger partial charge in [-0.15, -0.1) is 0 Å². The van der Waals surface area contributed by atoms with Crippen molar-refractivity contribution in [3.8, 4) is 0 Å². The van der Waals surface area contributed by atoms with Gasteiger partial charge >= 0.3 is 6.03 Å². The van der Waals surface area contributed by atoms with E-state index in [1.807, 2.05) is 4.90 Å². The normalized spacial score (nSPS) is 18.7. The van der Waals surface area contributed by atoms with Crippen LogP contribution in [0.1, 0.15) is 38.5 Å². The molecular formula is C19H25Cl2N3O2. The topological polar surface area (TPSA) is 52.7 Å². The minimum absolute atomic E-state index is 0.173. The number of nitrogens with one attached hydrogen (secondary N) is 1. The second-order valence-electron chi connectivity index (χ2n) is 7.14. The summed E-state index contributed by atoms with van der Waals surface area (Å²) in [7, 11) is 0. The lowest BCUT2D eigenvalue weighted by Crippen LogP contribution is -2.39. The molecule has 0 bridgehead atoms. The summed E-state index contributed by atoms with van der Waals surface area (Å²) in [6.45, 7) is 2.51. The minimum Gasteiger partial charge on any atom is -0.341 e. The molecule has 1 heterocycles. The molecule has 0 radical (unpaired) electrons. The Labute approximate surface area is 164 Å². The Bertz CT molecular complexity index is 662. The van der Waals surface area contributed by atoms with Gasteiger partial charge in [0.2, 0.25) is 5.91 Å². The van der Waals surface area contributed by atoms with Gasteiger partial charge in [0, 0.05) is 38.3 Å². The summed E-state index contributed by atoms with van der Waals surface area (Å²) in [6, 6.07) is 4.84. The number of nitrogens with zero attached hydrogens (tertiary/aromatic N) is 2. The fourth-order valence-electron chi connectivity index (χ4n) is 3.74. The molecule has 1 aliphatic carbocycles. The van der Waals surface area contributed by atoms with Crippen molar-refractivity contribution in [1.29, 1.82) is 0 Å². The van der Waals surface area contributed by atoms with Crippen LogP contribution in [0.2, 0.25) is 10.0 Å². The first-order chi connectivity index (χ1) is 12.5. The first-order valence-corrected chi connectivity index (χ1v) is 10.1. The van der Waals surface area contributed by atoms with Gasteiger partial charge in [-0.2, -0.15) is 0 Å². The highest BCUT2D eigenvalue weighted by Crippen LogP contribution is 2.28. The van der Waals surface area contributed by atoms with Gasteiger partial charge in [0.05, 0.1) is 10.0 Å². The Morgan fingerprint density at radius 1 is 0.962 bits per heavy atom. The molecule has 3 amide bonds. The number of urea groups is 1. The van der Waals surface area contributed by atoms with Crippen LogP contribution in [-0.4, -0.2) is 47.9 Å². The van der Waals surface area contributed by atoms with Crippen LogP contribution in [0.15, 0.2) is 18.2 Å². The minimum atomic E-state index is -0.173. The van der Waals surface area contributed by atoms with Crippen molar-refractivity contribution in [2.45, 2.75) is 38.5 Å². The summed E-state index contributed by atoms with van der Waals surface area (Å²) in [5.41, 5.74) is 0.614. The lowest BCUT2D eigenvalue weighted by atomic mass is 10.0. The SMILES string of the molecule is O=C(CC1CCCC1)N1CCCN(C(=O)Nc2ccc(Cl)c(Cl)c2)CC1. The quantitative estimate of drug-likeness (QED) is 0.807. The van der Waals surface area contributed by atoms with E-state index in [1.54, 1.807) is 23.1 Å². The molecule has 1 saturated heterocycles. The maximum atomic E-state index is 12.5. The molecule has 1 aliphatic heterocycles. The number of hydrogen-bond donors (Lipinski definition) is 1. The van der Waals surface area contributed by atoms with Crippen molar-refractivity contribution in [3.63, 3.8) is 0 Å². The number of benzene rings is 1. The Morgan fingerprint density at radius 3 is 2.38 bits per heavy atom. The second kappa shape index (κ2) is 8.96. The van der Waals surface area contributed by atoms with E-state index in [0.717, 1.165) is 13.0 Å². The Hall–Kier alpha value is -1.46. The smallest absolute Gasteiger partial charge is 0.321 e. The predicted molar refractivity (Wildman–Crippen MR) is 105 cm³/mol. The van der Waals surface area contributed by atoms with E-state index in [9.17, 15) is 9.59 Å². The fraction of sp³-hybridized carbons (Fsp3) is 0.579. The fourth-order valence-corrected chi connectivity index (χ4v) is 4.03. The summed E-state index contributed by atoms with van der Waals surface area (Å²) in [4.78, 5) is 28.7. The van der Waals surface area contributed by atoms with E-state index in [1.165, 1.54) is 25.7 Å². The molecule has 5 nitrogen and oxygen atoms in total. The van der Waals surface area contributed by atoms with E-state index in [2.05, 4.69) is 5.32 Å². The average Bonchev–Trinajstić information content (AvgIpc) is 2.99. The van der Waals surface area contributed by atoms with Gasteiger partial charge < -0.3 is 15.1 Å². The maximum Gasteiger partial charge on any atom is 0.321 e. The van der Waals surface area contributed by atoms with Crippen LogP contribution in [0.5, 0.6) is 0 Å². The molecule has 1 saturated carbocycles. The summed E-state index contributed by atoms with van der Waals surface area (Å²) >= 11 is 11.9. The molecular weight excluding hydrogens is 373 g/mol. The van der Waals surface area contributed by atoms with Crippen molar-refractivity contribution in [2.75, 3.05) is 31.5 Å². The van der Waals surface area contributed by atoms with E-state index < -0.39 is 0 Å². The molecule has 26 heavy (non-hydrogen) atoms. The number of anilines is 1. The molecule has 3 rings (SSSR count). The maximum absolute atomic E-state index is 12.5. The highest BCUT2D eigenvalue weighted by Gasteiger charge is 2.25. The monoisotopic (exact) mass is 397 g/mol. The molecule has 142 valence electrons. The van der Waals surface area contributed by atoms with Crippen LogP contribution in [0, 0.1) is 5.92 Å². The van der Waals surface area contributed by atoms with E-state index in [4.69, 9.17) is 23.2 Å². The number of carbonyl (C=O) groups is 2. The van der Waals surface area contributed by atoms with Crippen molar-refractivity contribution >= 4 is 40.8 Å². The molecule has 1 aromatic carbocycles. The van der Waals surface area contributed by atoms with Gasteiger partial charge in [-0.25, -0.2) is 4.79 Å². The summed E-state index contributed by atoms with van der Waals surface area (Å²) in [5, 5.41) is 3.71. The van der Waals surface area contributed by atoms with Gasteiger partial charge in [0.1, 0.15) is 0 Å². The third-order valence-electron chi connectivity index (χ3n) is 5.24. The molecule has 7 heteroatoms. The number of halogens is 2. The van der Waals surface area contributed by atoms with Crippen LogP contribution >= 0.6 is 23.2 Å². The lowest BCUT2D eigenvalue weighted by molar-refractivity contribution is -0.132. The number of amides is 3. The third kappa shape index (κ3) is 5.04. The zero-order valence-electron chi connectivity index (χ0n) is 14.8. The van der Waals surface area contributed by atoms with Crippen LogP contribution in [0.4, 0.5) is 10.5 Å². The molecule has 0 unspecified atom stereocenters. The largest absolute Gasteiger partial charge is 0.341 e. The van der Waals surface area contributed by atoms with Crippen LogP contribution in [0.3, 0.4) is 0 Å². The summed E-state index contributed by atoms with van der Waals surface area (Å²) < 4.78 is 0. The summed E-state index contributed by atoms with van der Waals surface area (Å²) in [6.07, 6.45) is 6.32. The van der Waals surface area contributed by atoms with E-state index in [0.29, 0.717) is 47.7 Å². The van der Waals surface area contributed by atoms with Crippen LogP contribution in [-0.2, 0) is 4.79 Å². The standard InChI is InChI=1S/C19H25Cl2N3O2/c20-16-7-6-15(13-17(16)21)22-19(26)24-9-3-8-23(10-11-24)18(25)12-14-4-1-2-5-14/h6-7,13-14H,1-5,8-12H2,(H,22,26). The number of hydrogen-bond acceptors (Lipinski definition) is 2. The van der Waals surface area contributed by atoms with Crippen molar-refractivity contribution in [1.82, 2.24) is 9.80 Å². The first-order valence-electron chi connectivity index (χ1n) is 9.31. The van der Waals surface area contributed by atoms with Gasteiger partial charge in [0.15, 0.2) is 0 Å². The Kier molecular flexibility index (Phi) is 6.65. The van der Waals surface area contributed by atoms with Gasteiger partial charge in [-0.1, -0.05) is 36.0 Å². The van der Waals surface area contributed by atoms with Crippen molar-refractivity contribution < 1.29 is 9.59 Å². The number of rotatable bonds is 3. The molecule has 0 atom stereocenters. The van der Waals surface area contributed by atoms with Crippen LogP contribution < -0.4 is 5.32 Å². The van der Waals surface area contributed by atoms with Gasteiger partial charge in [-0.3, -0.25) is 4.79 Å².